The topological polar surface area (TPSA) is 49.3 Å². The summed E-state index contributed by atoms with van der Waals surface area (Å²) in [4.78, 5) is 14.3. The number of aliphatic hydroxyl groups is 1. The maximum atomic E-state index is 12.2. The van der Waals surface area contributed by atoms with Crippen molar-refractivity contribution in [2.75, 3.05) is 6.61 Å². The van der Waals surface area contributed by atoms with Gasteiger partial charge in [-0.2, -0.15) is 0 Å². The molecule has 19 heavy (non-hydrogen) atoms. The highest BCUT2D eigenvalue weighted by Gasteiger charge is 2.17. The van der Waals surface area contributed by atoms with Gasteiger partial charge >= 0.3 is 0 Å². The summed E-state index contributed by atoms with van der Waals surface area (Å²) in [5.74, 6) is -0.134. The molecular weight excluding hydrogens is 258 g/mol. The Balaban J connectivity index is 2.15. The molecule has 1 aromatic carbocycles. The van der Waals surface area contributed by atoms with E-state index in [1.807, 2.05) is 50.2 Å². The molecular formula is C15H17NO2S. The molecule has 0 saturated heterocycles. The Morgan fingerprint density at radius 1 is 1.32 bits per heavy atom. The van der Waals surface area contributed by atoms with E-state index in [9.17, 15) is 9.90 Å². The van der Waals surface area contributed by atoms with E-state index in [4.69, 9.17) is 0 Å². The Bertz CT molecular complexity index is 563. The van der Waals surface area contributed by atoms with E-state index >= 15 is 0 Å². The predicted molar refractivity (Wildman–Crippen MR) is 77.5 cm³/mol. The fraction of sp³-hybridized carbons (Fsp3) is 0.267. The molecule has 0 unspecified atom stereocenters. The Hall–Kier alpha value is -1.65. The van der Waals surface area contributed by atoms with Gasteiger partial charge in [-0.25, -0.2) is 0 Å². The smallest absolute Gasteiger partial charge is 0.252 e. The number of thiophene rings is 1. The van der Waals surface area contributed by atoms with Crippen LogP contribution in [0.2, 0.25) is 0 Å². The number of carbonyl (C=O) groups is 1. The second kappa shape index (κ2) is 5.99. The SMILES string of the molecule is Cc1cc(C(=O)N[C@@H](CO)c2ccccc2)c(C)s1. The Labute approximate surface area is 116 Å². The number of rotatable bonds is 4. The highest BCUT2D eigenvalue weighted by atomic mass is 32.1. The largest absolute Gasteiger partial charge is 0.394 e. The van der Waals surface area contributed by atoms with Crippen LogP contribution in [-0.2, 0) is 0 Å². The fourth-order valence-electron chi connectivity index (χ4n) is 2.01. The van der Waals surface area contributed by atoms with Crippen LogP contribution >= 0.6 is 11.3 Å². The predicted octanol–water partition coefficient (Wildman–Crippen LogP) is 2.83. The Kier molecular flexibility index (Phi) is 4.35. The first-order valence-corrected chi connectivity index (χ1v) is 6.97. The average molecular weight is 275 g/mol. The monoisotopic (exact) mass is 275 g/mol. The summed E-state index contributed by atoms with van der Waals surface area (Å²) in [5.41, 5.74) is 1.60. The van der Waals surface area contributed by atoms with Crippen molar-refractivity contribution in [3.05, 3.63) is 57.3 Å². The number of aliphatic hydroxyl groups excluding tert-OH is 1. The highest BCUT2D eigenvalue weighted by molar-refractivity contribution is 7.12. The van der Waals surface area contributed by atoms with Crippen molar-refractivity contribution in [1.82, 2.24) is 5.32 Å². The van der Waals surface area contributed by atoms with Crippen LogP contribution in [0.5, 0.6) is 0 Å². The molecule has 0 fully saturated rings. The van der Waals surface area contributed by atoms with E-state index in [2.05, 4.69) is 5.32 Å². The van der Waals surface area contributed by atoms with Gasteiger partial charge in [0.1, 0.15) is 0 Å². The van der Waals surface area contributed by atoms with Crippen molar-refractivity contribution >= 4 is 17.2 Å². The summed E-state index contributed by atoms with van der Waals surface area (Å²) in [5, 5.41) is 12.3. The normalized spacial score (nSPS) is 12.2. The number of amides is 1. The number of hydrogen-bond acceptors (Lipinski definition) is 3. The highest BCUT2D eigenvalue weighted by Crippen LogP contribution is 2.21. The van der Waals surface area contributed by atoms with Gasteiger partial charge in [-0.15, -0.1) is 11.3 Å². The summed E-state index contributed by atoms with van der Waals surface area (Å²) in [6, 6.07) is 11.0. The van der Waals surface area contributed by atoms with Crippen LogP contribution in [0.4, 0.5) is 0 Å². The second-order valence-electron chi connectivity index (χ2n) is 4.45. The number of aryl methyl sites for hydroxylation is 2. The summed E-state index contributed by atoms with van der Waals surface area (Å²) < 4.78 is 0. The molecule has 0 saturated carbocycles. The number of hydrogen-bond donors (Lipinski definition) is 2. The standard InChI is InChI=1S/C15H17NO2S/c1-10-8-13(11(2)19-10)15(18)16-14(9-17)12-6-4-3-5-7-12/h3-8,14,17H,9H2,1-2H3,(H,16,18)/t14-/m0/s1. The minimum absolute atomic E-state index is 0.113. The molecule has 1 atom stereocenters. The molecule has 100 valence electrons. The van der Waals surface area contributed by atoms with Gasteiger partial charge in [0, 0.05) is 9.75 Å². The van der Waals surface area contributed by atoms with E-state index in [-0.39, 0.29) is 18.6 Å². The molecule has 0 radical (unpaired) electrons. The lowest BCUT2D eigenvalue weighted by Gasteiger charge is -2.16. The van der Waals surface area contributed by atoms with Crippen LogP contribution in [0.15, 0.2) is 36.4 Å². The van der Waals surface area contributed by atoms with Crippen LogP contribution in [0.25, 0.3) is 0 Å². The molecule has 1 aromatic heterocycles. The molecule has 2 rings (SSSR count). The van der Waals surface area contributed by atoms with Crippen molar-refractivity contribution in [2.24, 2.45) is 0 Å². The van der Waals surface area contributed by atoms with Crippen LogP contribution < -0.4 is 5.32 Å². The van der Waals surface area contributed by atoms with Crippen LogP contribution in [0.3, 0.4) is 0 Å². The molecule has 0 aliphatic heterocycles. The minimum Gasteiger partial charge on any atom is -0.394 e. The first kappa shape index (κ1) is 13.8. The third-order valence-electron chi connectivity index (χ3n) is 2.98. The molecule has 0 bridgehead atoms. The maximum Gasteiger partial charge on any atom is 0.252 e. The Morgan fingerprint density at radius 2 is 2.00 bits per heavy atom. The van der Waals surface area contributed by atoms with E-state index in [1.165, 1.54) is 0 Å². The summed E-state index contributed by atoms with van der Waals surface area (Å²) in [6.07, 6.45) is 0. The first-order valence-electron chi connectivity index (χ1n) is 6.15. The zero-order valence-electron chi connectivity index (χ0n) is 11.0. The number of benzene rings is 1. The molecule has 1 heterocycles. The van der Waals surface area contributed by atoms with E-state index < -0.39 is 0 Å². The van der Waals surface area contributed by atoms with Gasteiger partial charge in [0.2, 0.25) is 0 Å². The van der Waals surface area contributed by atoms with Gasteiger partial charge in [0.25, 0.3) is 5.91 Å². The van der Waals surface area contributed by atoms with Crippen molar-refractivity contribution in [3.63, 3.8) is 0 Å². The van der Waals surface area contributed by atoms with E-state index in [1.54, 1.807) is 11.3 Å². The molecule has 2 aromatic rings. The van der Waals surface area contributed by atoms with Gasteiger partial charge in [0.15, 0.2) is 0 Å². The third-order valence-corrected chi connectivity index (χ3v) is 3.94. The zero-order chi connectivity index (χ0) is 13.8. The van der Waals surface area contributed by atoms with Crippen LogP contribution in [0, 0.1) is 13.8 Å². The van der Waals surface area contributed by atoms with Crippen molar-refractivity contribution in [1.29, 1.82) is 0 Å². The average Bonchev–Trinajstić information content (AvgIpc) is 2.76. The van der Waals surface area contributed by atoms with Gasteiger partial charge < -0.3 is 10.4 Å². The van der Waals surface area contributed by atoms with Gasteiger partial charge in [-0.3, -0.25) is 4.79 Å². The minimum atomic E-state index is -0.367. The quantitative estimate of drug-likeness (QED) is 0.901. The van der Waals surface area contributed by atoms with Crippen LogP contribution in [-0.4, -0.2) is 17.6 Å². The lowest BCUT2D eigenvalue weighted by Crippen LogP contribution is -2.30. The molecule has 0 aliphatic carbocycles. The van der Waals surface area contributed by atoms with Crippen molar-refractivity contribution in [3.8, 4) is 0 Å². The Morgan fingerprint density at radius 3 is 2.53 bits per heavy atom. The second-order valence-corrected chi connectivity index (χ2v) is 5.91. The van der Waals surface area contributed by atoms with E-state index in [0.29, 0.717) is 5.56 Å². The zero-order valence-corrected chi connectivity index (χ0v) is 11.8. The fourth-order valence-corrected chi connectivity index (χ4v) is 2.93. The molecule has 0 spiro atoms. The summed E-state index contributed by atoms with van der Waals surface area (Å²) in [6.45, 7) is 3.80. The lowest BCUT2D eigenvalue weighted by molar-refractivity contribution is 0.0916. The molecule has 2 N–H and O–H groups in total. The number of nitrogens with one attached hydrogen (secondary N) is 1. The third kappa shape index (κ3) is 3.22. The van der Waals surface area contributed by atoms with Crippen LogP contribution in [0.1, 0.15) is 31.7 Å². The lowest BCUT2D eigenvalue weighted by atomic mass is 10.1. The van der Waals surface area contributed by atoms with E-state index in [0.717, 1.165) is 15.3 Å². The number of carbonyl (C=O) groups excluding carboxylic acids is 1. The maximum absolute atomic E-state index is 12.2. The first-order chi connectivity index (χ1) is 9.11. The molecule has 0 aliphatic rings. The van der Waals surface area contributed by atoms with Crippen molar-refractivity contribution < 1.29 is 9.90 Å². The van der Waals surface area contributed by atoms with Gasteiger partial charge in [0.05, 0.1) is 18.2 Å². The van der Waals surface area contributed by atoms with Gasteiger partial charge in [-0.05, 0) is 25.5 Å². The summed E-state index contributed by atoms with van der Waals surface area (Å²) >= 11 is 1.60. The molecule has 1 amide bonds. The van der Waals surface area contributed by atoms with Crippen molar-refractivity contribution in [2.45, 2.75) is 19.9 Å². The molecule has 4 heteroatoms. The summed E-state index contributed by atoms with van der Waals surface area (Å²) in [7, 11) is 0. The van der Waals surface area contributed by atoms with Gasteiger partial charge in [-0.1, -0.05) is 30.3 Å². The molecule has 3 nitrogen and oxygen atoms in total.